The Morgan fingerprint density at radius 3 is 2.70 bits per heavy atom. The van der Waals surface area contributed by atoms with Gasteiger partial charge in [-0.15, -0.1) is 0 Å². The molecule has 20 heavy (non-hydrogen) atoms. The van der Waals surface area contributed by atoms with Crippen molar-refractivity contribution in [3.8, 4) is 0 Å². The molecule has 1 atom stereocenters. The molecule has 1 fully saturated rings. The van der Waals surface area contributed by atoms with Gasteiger partial charge >= 0.3 is 5.97 Å². The van der Waals surface area contributed by atoms with E-state index in [1.165, 1.54) is 0 Å². The van der Waals surface area contributed by atoms with Crippen LogP contribution in [0.5, 0.6) is 0 Å². The van der Waals surface area contributed by atoms with Gasteiger partial charge in [0.15, 0.2) is 5.82 Å². The molecule has 0 saturated carbocycles. The topological polar surface area (TPSA) is 79.5 Å². The van der Waals surface area contributed by atoms with Crippen LogP contribution < -0.4 is 0 Å². The molecule has 0 amide bonds. The minimum absolute atomic E-state index is 0.167. The number of aromatic nitrogens is 2. The first-order chi connectivity index (χ1) is 9.23. The minimum Gasteiger partial charge on any atom is -0.480 e. The lowest BCUT2D eigenvalue weighted by Gasteiger charge is -2.40. The van der Waals surface area contributed by atoms with Crippen LogP contribution in [-0.2, 0) is 16.8 Å². The fraction of sp³-hybridized carbons (Fsp3) is 0.786. The van der Waals surface area contributed by atoms with Gasteiger partial charge in [-0.05, 0) is 32.7 Å². The summed E-state index contributed by atoms with van der Waals surface area (Å²) >= 11 is 0. The van der Waals surface area contributed by atoms with Crippen molar-refractivity contribution >= 4 is 5.97 Å². The highest BCUT2D eigenvalue weighted by Crippen LogP contribution is 2.30. The van der Waals surface area contributed by atoms with Crippen molar-refractivity contribution in [3.63, 3.8) is 0 Å². The average molecular weight is 281 g/mol. The molecule has 0 aromatic carbocycles. The van der Waals surface area contributed by atoms with E-state index in [0.29, 0.717) is 24.7 Å². The summed E-state index contributed by atoms with van der Waals surface area (Å²) in [6, 6.07) is 0. The van der Waals surface area contributed by atoms with E-state index in [-0.39, 0.29) is 5.41 Å². The van der Waals surface area contributed by atoms with Gasteiger partial charge in [-0.2, -0.15) is 4.98 Å². The van der Waals surface area contributed by atoms with Crippen LogP contribution in [0.15, 0.2) is 4.52 Å². The Kier molecular flexibility index (Phi) is 3.86. The van der Waals surface area contributed by atoms with E-state index in [9.17, 15) is 9.90 Å². The molecule has 1 saturated heterocycles. The molecule has 1 unspecified atom stereocenters. The molecule has 0 radical (unpaired) electrons. The quantitative estimate of drug-likeness (QED) is 0.915. The lowest BCUT2D eigenvalue weighted by atomic mass is 9.88. The summed E-state index contributed by atoms with van der Waals surface area (Å²) in [7, 11) is 0. The van der Waals surface area contributed by atoms with Crippen LogP contribution >= 0.6 is 0 Å². The number of rotatable bonds is 3. The van der Waals surface area contributed by atoms with Crippen LogP contribution in [0.25, 0.3) is 0 Å². The molecule has 6 nitrogen and oxygen atoms in total. The van der Waals surface area contributed by atoms with Crippen molar-refractivity contribution in [2.75, 3.05) is 6.54 Å². The highest BCUT2D eigenvalue weighted by molar-refractivity contribution is 5.78. The summed E-state index contributed by atoms with van der Waals surface area (Å²) in [5.41, 5.74) is -1.01. The van der Waals surface area contributed by atoms with E-state index in [2.05, 4.69) is 10.1 Å². The Morgan fingerprint density at radius 1 is 1.45 bits per heavy atom. The van der Waals surface area contributed by atoms with E-state index in [1.54, 1.807) is 6.92 Å². The number of hydrogen-bond acceptors (Lipinski definition) is 5. The molecular formula is C14H23N3O3. The number of nitrogens with zero attached hydrogens (tertiary/aromatic N) is 3. The molecule has 112 valence electrons. The van der Waals surface area contributed by atoms with Gasteiger partial charge in [0.1, 0.15) is 5.54 Å². The normalized spacial score (nSPS) is 24.8. The van der Waals surface area contributed by atoms with Crippen molar-refractivity contribution < 1.29 is 14.4 Å². The van der Waals surface area contributed by atoms with Gasteiger partial charge in [0.25, 0.3) is 0 Å². The van der Waals surface area contributed by atoms with E-state index < -0.39 is 11.5 Å². The molecular weight excluding hydrogens is 258 g/mol. The van der Waals surface area contributed by atoms with Crippen molar-refractivity contribution in [1.29, 1.82) is 0 Å². The molecule has 1 aromatic heterocycles. The van der Waals surface area contributed by atoms with E-state index >= 15 is 0 Å². The second-order valence-corrected chi connectivity index (χ2v) is 6.72. The fourth-order valence-electron chi connectivity index (χ4n) is 2.46. The Hall–Kier alpha value is -1.43. The number of carboxylic acid groups (broad SMARTS) is 1. The molecule has 0 aliphatic carbocycles. The third-order valence-electron chi connectivity index (χ3n) is 3.97. The molecule has 0 bridgehead atoms. The van der Waals surface area contributed by atoms with Crippen LogP contribution in [0.1, 0.15) is 58.7 Å². The van der Waals surface area contributed by atoms with Gasteiger partial charge in [0, 0.05) is 5.41 Å². The Bertz CT molecular complexity index is 492. The van der Waals surface area contributed by atoms with E-state index in [4.69, 9.17) is 4.52 Å². The highest BCUT2D eigenvalue weighted by Gasteiger charge is 2.42. The SMILES string of the molecule is CC(C)(C)c1noc(CN2CCCCC2(C)C(=O)O)n1. The lowest BCUT2D eigenvalue weighted by molar-refractivity contribution is -0.153. The Labute approximate surface area is 119 Å². The summed E-state index contributed by atoms with van der Waals surface area (Å²) in [5, 5.41) is 13.5. The second kappa shape index (κ2) is 5.16. The zero-order valence-corrected chi connectivity index (χ0v) is 12.6. The smallest absolute Gasteiger partial charge is 0.323 e. The van der Waals surface area contributed by atoms with Gasteiger partial charge < -0.3 is 9.63 Å². The van der Waals surface area contributed by atoms with Crippen molar-refractivity contribution in [2.45, 2.75) is 64.5 Å². The summed E-state index contributed by atoms with van der Waals surface area (Å²) in [5.74, 6) is 0.360. The minimum atomic E-state index is -0.839. The largest absolute Gasteiger partial charge is 0.480 e. The molecule has 6 heteroatoms. The van der Waals surface area contributed by atoms with Gasteiger partial charge in [-0.3, -0.25) is 9.69 Å². The van der Waals surface area contributed by atoms with Crippen molar-refractivity contribution in [3.05, 3.63) is 11.7 Å². The van der Waals surface area contributed by atoms with Crippen LogP contribution in [0, 0.1) is 0 Å². The fourth-order valence-corrected chi connectivity index (χ4v) is 2.46. The first-order valence-corrected chi connectivity index (χ1v) is 7.05. The number of carbonyl (C=O) groups is 1. The monoisotopic (exact) mass is 281 g/mol. The number of likely N-dealkylation sites (tertiary alicyclic amines) is 1. The third kappa shape index (κ3) is 2.85. The number of piperidine rings is 1. The molecule has 1 aliphatic heterocycles. The molecule has 1 N–H and O–H groups in total. The highest BCUT2D eigenvalue weighted by atomic mass is 16.5. The first-order valence-electron chi connectivity index (χ1n) is 7.05. The summed E-state index contributed by atoms with van der Waals surface area (Å²) < 4.78 is 5.27. The van der Waals surface area contributed by atoms with Crippen molar-refractivity contribution in [2.24, 2.45) is 0 Å². The zero-order valence-electron chi connectivity index (χ0n) is 12.6. The Morgan fingerprint density at radius 2 is 2.15 bits per heavy atom. The predicted octanol–water partition coefficient (Wildman–Crippen LogP) is 2.20. The molecule has 1 aromatic rings. The first kappa shape index (κ1) is 15.0. The summed E-state index contributed by atoms with van der Waals surface area (Å²) in [6.45, 7) is 8.97. The third-order valence-corrected chi connectivity index (χ3v) is 3.97. The molecule has 2 heterocycles. The lowest BCUT2D eigenvalue weighted by Crippen LogP contribution is -2.54. The maximum atomic E-state index is 11.5. The van der Waals surface area contributed by atoms with Crippen LogP contribution in [0.4, 0.5) is 0 Å². The summed E-state index contributed by atoms with van der Waals surface area (Å²) in [4.78, 5) is 17.9. The predicted molar refractivity (Wildman–Crippen MR) is 73.3 cm³/mol. The van der Waals surface area contributed by atoms with Crippen LogP contribution in [-0.4, -0.2) is 38.2 Å². The van der Waals surface area contributed by atoms with Crippen LogP contribution in [0.3, 0.4) is 0 Å². The molecule has 1 aliphatic rings. The van der Waals surface area contributed by atoms with Gasteiger partial charge in [0.2, 0.25) is 5.89 Å². The maximum absolute atomic E-state index is 11.5. The Balaban J connectivity index is 2.15. The average Bonchev–Trinajstić information content (AvgIpc) is 2.80. The number of carboxylic acids is 1. The van der Waals surface area contributed by atoms with Gasteiger partial charge in [-0.1, -0.05) is 25.9 Å². The maximum Gasteiger partial charge on any atom is 0.323 e. The van der Waals surface area contributed by atoms with E-state index in [1.807, 2.05) is 25.7 Å². The molecule has 0 spiro atoms. The standard InChI is InChI=1S/C14H23N3O3/c1-13(2,3)11-15-10(20-16-11)9-17-8-6-5-7-14(17,4)12(18)19/h5-9H2,1-4H3,(H,18,19). The second-order valence-electron chi connectivity index (χ2n) is 6.72. The number of aliphatic carboxylic acids is 1. The van der Waals surface area contributed by atoms with Crippen molar-refractivity contribution in [1.82, 2.24) is 15.0 Å². The van der Waals surface area contributed by atoms with Gasteiger partial charge in [-0.25, -0.2) is 0 Å². The van der Waals surface area contributed by atoms with E-state index in [0.717, 1.165) is 19.4 Å². The van der Waals surface area contributed by atoms with Crippen LogP contribution in [0.2, 0.25) is 0 Å². The zero-order chi connectivity index (χ0) is 15.0. The number of hydrogen-bond donors (Lipinski definition) is 1. The summed E-state index contributed by atoms with van der Waals surface area (Å²) in [6.07, 6.45) is 2.60. The van der Waals surface area contributed by atoms with Gasteiger partial charge in [0.05, 0.1) is 6.54 Å². The molecule has 2 rings (SSSR count).